The molecule has 0 saturated carbocycles. The second kappa shape index (κ2) is 7.63. The Morgan fingerprint density at radius 3 is 2.62 bits per heavy atom. The normalized spacial score (nSPS) is 17.3. The fraction of sp³-hybridized carbons (Fsp3) is 0.192. The van der Waals surface area contributed by atoms with Crippen LogP contribution in [0.15, 0.2) is 72.8 Å². The molecule has 1 aromatic heterocycles. The van der Waals surface area contributed by atoms with Gasteiger partial charge in [-0.1, -0.05) is 48.5 Å². The molecule has 0 fully saturated rings. The van der Waals surface area contributed by atoms with E-state index in [2.05, 4.69) is 26.7 Å². The summed E-state index contributed by atoms with van der Waals surface area (Å²) in [6.45, 7) is 0.603. The van der Waals surface area contributed by atoms with Crippen molar-refractivity contribution in [3.63, 3.8) is 0 Å². The Morgan fingerprint density at radius 2 is 1.79 bits per heavy atom. The van der Waals surface area contributed by atoms with Crippen molar-refractivity contribution in [2.45, 2.75) is 18.3 Å². The number of rotatable bonds is 4. The minimum atomic E-state index is -3.62. The van der Waals surface area contributed by atoms with E-state index >= 15 is 0 Å². The van der Waals surface area contributed by atoms with E-state index in [0.717, 1.165) is 23.3 Å². The summed E-state index contributed by atoms with van der Waals surface area (Å²) in [6.07, 6.45) is 0.547. The zero-order chi connectivity index (χ0) is 23.4. The van der Waals surface area contributed by atoms with Crippen LogP contribution >= 0.6 is 0 Å². The number of nitrogens with zero attached hydrogens (tertiary/aromatic N) is 2. The van der Waals surface area contributed by atoms with Crippen LogP contribution in [-0.4, -0.2) is 37.8 Å². The third kappa shape index (κ3) is 3.33. The van der Waals surface area contributed by atoms with Gasteiger partial charge in [0.1, 0.15) is 6.17 Å². The SMILES string of the molecule is CN1c2ccc(NS(=O)(=O)Cc3ccccc3)cc2C(=O)N2CCc3c([nH]c4ccccc34)C21. The molecule has 172 valence electrons. The molecule has 0 spiro atoms. The van der Waals surface area contributed by atoms with E-state index in [1.54, 1.807) is 24.3 Å². The lowest BCUT2D eigenvalue weighted by Gasteiger charge is -2.46. The van der Waals surface area contributed by atoms with Crippen molar-refractivity contribution in [3.8, 4) is 0 Å². The quantitative estimate of drug-likeness (QED) is 0.465. The van der Waals surface area contributed by atoms with Gasteiger partial charge in [-0.3, -0.25) is 9.52 Å². The second-order valence-electron chi connectivity index (χ2n) is 8.87. The number of benzene rings is 3. The third-order valence-corrected chi connectivity index (χ3v) is 7.97. The van der Waals surface area contributed by atoms with Gasteiger partial charge in [0.15, 0.2) is 0 Å². The van der Waals surface area contributed by atoms with Crippen molar-refractivity contribution in [2.75, 3.05) is 23.2 Å². The Balaban J connectivity index is 1.33. The molecule has 1 atom stereocenters. The first kappa shape index (κ1) is 20.8. The smallest absolute Gasteiger partial charge is 0.257 e. The van der Waals surface area contributed by atoms with E-state index in [-0.39, 0.29) is 17.8 Å². The third-order valence-electron chi connectivity index (χ3n) is 6.71. The molecule has 0 aliphatic carbocycles. The number of hydrogen-bond acceptors (Lipinski definition) is 4. The Bertz CT molecular complexity index is 1530. The number of hydrogen-bond donors (Lipinski definition) is 2. The van der Waals surface area contributed by atoms with Crippen molar-refractivity contribution in [1.29, 1.82) is 0 Å². The fourth-order valence-corrected chi connectivity index (χ4v) is 6.40. The number of fused-ring (bicyclic) bond motifs is 6. The van der Waals surface area contributed by atoms with E-state index < -0.39 is 10.0 Å². The van der Waals surface area contributed by atoms with Crippen LogP contribution in [0.5, 0.6) is 0 Å². The number of amides is 1. The van der Waals surface area contributed by atoms with Crippen LogP contribution in [0.25, 0.3) is 10.9 Å². The molecule has 2 aliphatic heterocycles. The summed E-state index contributed by atoms with van der Waals surface area (Å²) in [5.41, 5.74) is 5.74. The van der Waals surface area contributed by atoms with Crippen LogP contribution in [0, 0.1) is 0 Å². The molecule has 1 unspecified atom stereocenters. The minimum Gasteiger partial charge on any atom is -0.355 e. The second-order valence-corrected chi connectivity index (χ2v) is 10.6. The number of aromatic nitrogens is 1. The number of anilines is 2. The molecule has 3 aromatic carbocycles. The van der Waals surface area contributed by atoms with Crippen LogP contribution in [0.4, 0.5) is 11.4 Å². The van der Waals surface area contributed by atoms with Gasteiger partial charge in [0.25, 0.3) is 5.91 Å². The monoisotopic (exact) mass is 472 g/mol. The standard InChI is InChI=1S/C26H24N4O3S/c1-29-23-12-11-18(28-34(32,33)16-17-7-3-2-4-8-17)15-21(23)26(31)30-14-13-20-19-9-5-6-10-22(19)27-24(20)25(29)30/h2-12,15,25,27-28H,13-14,16H2,1H3. The van der Waals surface area contributed by atoms with Crippen molar-refractivity contribution in [1.82, 2.24) is 9.88 Å². The molecule has 0 radical (unpaired) electrons. The van der Waals surface area contributed by atoms with E-state index in [0.29, 0.717) is 23.4 Å². The van der Waals surface area contributed by atoms with Gasteiger partial charge in [-0.2, -0.15) is 0 Å². The summed E-state index contributed by atoms with van der Waals surface area (Å²) in [7, 11) is -1.64. The van der Waals surface area contributed by atoms with Crippen LogP contribution in [0.1, 0.15) is 33.3 Å². The van der Waals surface area contributed by atoms with Gasteiger partial charge in [-0.25, -0.2) is 8.42 Å². The van der Waals surface area contributed by atoms with Gasteiger partial charge < -0.3 is 14.8 Å². The molecule has 4 aromatic rings. The minimum absolute atomic E-state index is 0.0912. The van der Waals surface area contributed by atoms with Crippen LogP contribution in [-0.2, 0) is 22.2 Å². The molecular formula is C26H24N4O3S. The largest absolute Gasteiger partial charge is 0.355 e. The molecular weight excluding hydrogens is 448 g/mol. The number of para-hydroxylation sites is 1. The van der Waals surface area contributed by atoms with Gasteiger partial charge in [0, 0.05) is 30.2 Å². The average Bonchev–Trinajstić information content (AvgIpc) is 3.21. The highest BCUT2D eigenvalue weighted by Gasteiger charge is 2.41. The lowest BCUT2D eigenvalue weighted by Crippen LogP contribution is -2.51. The molecule has 6 rings (SSSR count). The van der Waals surface area contributed by atoms with Crippen LogP contribution < -0.4 is 9.62 Å². The van der Waals surface area contributed by atoms with E-state index in [1.165, 1.54) is 10.9 Å². The predicted molar refractivity (Wildman–Crippen MR) is 133 cm³/mol. The summed E-state index contributed by atoms with van der Waals surface area (Å²) in [4.78, 5) is 21.0. The predicted octanol–water partition coefficient (Wildman–Crippen LogP) is 4.26. The van der Waals surface area contributed by atoms with Crippen molar-refractivity contribution in [3.05, 3.63) is 95.2 Å². The first-order valence-electron chi connectivity index (χ1n) is 11.2. The molecule has 1 amide bonds. The number of sulfonamides is 1. The maximum absolute atomic E-state index is 13.5. The topological polar surface area (TPSA) is 85.5 Å². The first-order chi connectivity index (χ1) is 16.4. The van der Waals surface area contributed by atoms with Gasteiger partial charge in [-0.05, 0) is 41.8 Å². The summed E-state index contributed by atoms with van der Waals surface area (Å²) in [6, 6.07) is 22.4. The molecule has 3 heterocycles. The highest BCUT2D eigenvalue weighted by Crippen LogP contribution is 2.43. The van der Waals surface area contributed by atoms with Gasteiger partial charge >= 0.3 is 0 Å². The zero-order valence-electron chi connectivity index (χ0n) is 18.7. The Hall–Kier alpha value is -3.78. The number of carbonyl (C=O) groups is 1. The fourth-order valence-electron chi connectivity index (χ4n) is 5.21. The van der Waals surface area contributed by atoms with Gasteiger partial charge in [0.05, 0.1) is 22.7 Å². The molecule has 34 heavy (non-hydrogen) atoms. The van der Waals surface area contributed by atoms with Crippen LogP contribution in [0.2, 0.25) is 0 Å². The van der Waals surface area contributed by atoms with E-state index in [1.807, 2.05) is 48.3 Å². The summed E-state index contributed by atoms with van der Waals surface area (Å²) >= 11 is 0. The maximum atomic E-state index is 13.5. The van der Waals surface area contributed by atoms with Crippen LogP contribution in [0.3, 0.4) is 0 Å². The Kier molecular flexibility index (Phi) is 4.67. The highest BCUT2D eigenvalue weighted by atomic mass is 32.2. The van der Waals surface area contributed by atoms with E-state index in [4.69, 9.17) is 0 Å². The lowest BCUT2D eigenvalue weighted by molar-refractivity contribution is 0.0634. The number of carbonyl (C=O) groups excluding carboxylic acids is 1. The molecule has 0 saturated heterocycles. The molecule has 2 N–H and O–H groups in total. The first-order valence-corrected chi connectivity index (χ1v) is 12.9. The Morgan fingerprint density at radius 1 is 1.03 bits per heavy atom. The Labute approximate surface area is 198 Å². The lowest BCUT2D eigenvalue weighted by atomic mass is 9.96. The molecule has 2 aliphatic rings. The van der Waals surface area contributed by atoms with Gasteiger partial charge in [-0.15, -0.1) is 0 Å². The average molecular weight is 473 g/mol. The zero-order valence-corrected chi connectivity index (χ0v) is 19.5. The highest BCUT2D eigenvalue weighted by molar-refractivity contribution is 7.91. The molecule has 0 bridgehead atoms. The maximum Gasteiger partial charge on any atom is 0.257 e. The summed E-state index contributed by atoms with van der Waals surface area (Å²) in [5.74, 6) is -0.220. The molecule has 7 nitrogen and oxygen atoms in total. The number of aromatic amines is 1. The van der Waals surface area contributed by atoms with Crippen molar-refractivity contribution < 1.29 is 13.2 Å². The van der Waals surface area contributed by atoms with Gasteiger partial charge in [0.2, 0.25) is 10.0 Å². The van der Waals surface area contributed by atoms with E-state index in [9.17, 15) is 13.2 Å². The number of nitrogens with one attached hydrogen (secondary N) is 2. The van der Waals surface area contributed by atoms with Crippen molar-refractivity contribution in [2.24, 2.45) is 0 Å². The van der Waals surface area contributed by atoms with Crippen molar-refractivity contribution >= 4 is 38.2 Å². The molecule has 8 heteroatoms. The number of H-pyrrole nitrogens is 1. The summed E-state index contributed by atoms with van der Waals surface area (Å²) < 4.78 is 28.1. The summed E-state index contributed by atoms with van der Waals surface area (Å²) in [5, 5.41) is 1.20.